The number of carbonyl (C=O) groups excluding carboxylic acids is 1. The summed E-state index contributed by atoms with van der Waals surface area (Å²) in [4.78, 5) is 11.5. The number of alkyl halides is 1. The van der Waals surface area contributed by atoms with Gasteiger partial charge in [0.05, 0.1) is 20.3 Å². The van der Waals surface area contributed by atoms with E-state index in [0.29, 0.717) is 17.5 Å². The molecule has 1 rings (SSSR count). The van der Waals surface area contributed by atoms with E-state index in [1.54, 1.807) is 14.2 Å². The van der Waals surface area contributed by atoms with E-state index in [4.69, 9.17) is 9.47 Å². The van der Waals surface area contributed by atoms with Gasteiger partial charge < -0.3 is 14.8 Å². The average Bonchev–Trinajstić information content (AvgIpc) is 2.38. The van der Waals surface area contributed by atoms with E-state index in [0.717, 1.165) is 11.3 Å². The summed E-state index contributed by atoms with van der Waals surface area (Å²) in [6.45, 7) is 1.93. The lowest BCUT2D eigenvalue weighted by atomic mass is 10.1. The third-order valence-corrected chi connectivity index (χ3v) is 3.00. The van der Waals surface area contributed by atoms with Crippen LogP contribution in [0.5, 0.6) is 11.5 Å². The van der Waals surface area contributed by atoms with E-state index >= 15 is 0 Å². The molecule has 1 aromatic rings. The van der Waals surface area contributed by atoms with Crippen LogP contribution in [0.25, 0.3) is 0 Å². The number of nitrogens with one attached hydrogen (secondary N) is 1. The van der Waals surface area contributed by atoms with Gasteiger partial charge in [0.25, 0.3) is 0 Å². The molecular formula is C13H18BrNO3. The Labute approximate surface area is 116 Å². The Morgan fingerprint density at radius 3 is 2.67 bits per heavy atom. The van der Waals surface area contributed by atoms with Crippen molar-refractivity contribution in [2.75, 3.05) is 19.5 Å². The van der Waals surface area contributed by atoms with Crippen molar-refractivity contribution in [3.63, 3.8) is 0 Å². The van der Waals surface area contributed by atoms with Crippen molar-refractivity contribution >= 4 is 21.8 Å². The molecule has 0 saturated heterocycles. The summed E-state index contributed by atoms with van der Waals surface area (Å²) in [5.41, 5.74) is 0.932. The highest BCUT2D eigenvalue weighted by Crippen LogP contribution is 2.29. The summed E-state index contributed by atoms with van der Waals surface area (Å²) >= 11 is 3.24. The summed E-state index contributed by atoms with van der Waals surface area (Å²) in [6.07, 6.45) is 0.461. The van der Waals surface area contributed by atoms with Gasteiger partial charge >= 0.3 is 0 Å². The number of ether oxygens (including phenoxy) is 2. The number of rotatable bonds is 6. The first-order valence-electron chi connectivity index (χ1n) is 5.69. The Bertz CT molecular complexity index is 409. The average molecular weight is 316 g/mol. The van der Waals surface area contributed by atoms with Crippen molar-refractivity contribution in [1.29, 1.82) is 0 Å². The minimum Gasteiger partial charge on any atom is -0.497 e. The second-order valence-electron chi connectivity index (χ2n) is 3.84. The number of methoxy groups -OCH3 is 2. The lowest BCUT2D eigenvalue weighted by Gasteiger charge is -2.17. The van der Waals surface area contributed by atoms with Gasteiger partial charge in [0.2, 0.25) is 5.91 Å². The van der Waals surface area contributed by atoms with Gasteiger partial charge in [-0.05, 0) is 19.1 Å². The zero-order valence-corrected chi connectivity index (χ0v) is 12.4. The van der Waals surface area contributed by atoms with E-state index < -0.39 is 0 Å². The van der Waals surface area contributed by atoms with Gasteiger partial charge in [-0.2, -0.15) is 0 Å². The molecule has 0 heterocycles. The monoisotopic (exact) mass is 315 g/mol. The molecule has 0 aliphatic heterocycles. The minimum atomic E-state index is -0.0996. The summed E-state index contributed by atoms with van der Waals surface area (Å²) in [5.74, 6) is 1.45. The van der Waals surface area contributed by atoms with E-state index in [1.165, 1.54) is 0 Å². The van der Waals surface area contributed by atoms with Gasteiger partial charge in [0.1, 0.15) is 11.5 Å². The molecule has 0 bridgehead atoms. The van der Waals surface area contributed by atoms with Crippen molar-refractivity contribution in [3.05, 3.63) is 23.8 Å². The molecule has 0 fully saturated rings. The van der Waals surface area contributed by atoms with Gasteiger partial charge in [0, 0.05) is 23.4 Å². The second-order valence-corrected chi connectivity index (χ2v) is 4.63. The fourth-order valence-corrected chi connectivity index (χ4v) is 2.01. The normalized spacial score (nSPS) is 11.8. The number of carbonyl (C=O) groups is 1. The molecule has 5 heteroatoms. The fourth-order valence-electron chi connectivity index (χ4n) is 1.65. The maximum atomic E-state index is 11.5. The van der Waals surface area contributed by atoms with Gasteiger partial charge in [-0.3, -0.25) is 4.79 Å². The van der Waals surface area contributed by atoms with Crippen molar-refractivity contribution in [3.8, 4) is 11.5 Å². The van der Waals surface area contributed by atoms with E-state index in [-0.39, 0.29) is 11.9 Å². The molecular weight excluding hydrogens is 298 g/mol. The van der Waals surface area contributed by atoms with Crippen LogP contribution in [-0.2, 0) is 4.79 Å². The molecule has 18 heavy (non-hydrogen) atoms. The minimum absolute atomic E-state index is 0.0113. The Kier molecular flexibility index (Phi) is 5.98. The largest absolute Gasteiger partial charge is 0.497 e. The van der Waals surface area contributed by atoms with Crippen LogP contribution in [-0.4, -0.2) is 25.5 Å². The molecule has 1 N–H and O–H groups in total. The summed E-state index contributed by atoms with van der Waals surface area (Å²) in [5, 5.41) is 3.58. The molecule has 0 spiro atoms. The van der Waals surface area contributed by atoms with Crippen LogP contribution in [0.4, 0.5) is 0 Å². The van der Waals surface area contributed by atoms with Crippen LogP contribution < -0.4 is 14.8 Å². The number of benzene rings is 1. The maximum Gasteiger partial charge on any atom is 0.221 e. The van der Waals surface area contributed by atoms with E-state index in [9.17, 15) is 4.79 Å². The molecule has 100 valence electrons. The zero-order chi connectivity index (χ0) is 13.5. The number of halogens is 1. The summed E-state index contributed by atoms with van der Waals surface area (Å²) in [7, 11) is 3.21. The molecule has 0 radical (unpaired) electrons. The molecule has 0 aromatic heterocycles. The molecule has 0 saturated carbocycles. The summed E-state index contributed by atoms with van der Waals surface area (Å²) in [6, 6.07) is 5.46. The van der Waals surface area contributed by atoms with Gasteiger partial charge in [0.15, 0.2) is 0 Å². The van der Waals surface area contributed by atoms with Gasteiger partial charge in [-0.1, -0.05) is 15.9 Å². The lowest BCUT2D eigenvalue weighted by Crippen LogP contribution is -2.26. The van der Waals surface area contributed by atoms with Crippen LogP contribution in [0, 0.1) is 0 Å². The second kappa shape index (κ2) is 7.26. The van der Waals surface area contributed by atoms with E-state index in [2.05, 4.69) is 21.2 Å². The predicted octanol–water partition coefficient (Wildman–Crippen LogP) is 2.67. The Hall–Kier alpha value is -1.23. The smallest absolute Gasteiger partial charge is 0.221 e. The molecule has 1 amide bonds. The first kappa shape index (κ1) is 14.8. The summed E-state index contributed by atoms with van der Waals surface area (Å²) < 4.78 is 10.4. The first-order valence-corrected chi connectivity index (χ1v) is 6.81. The predicted molar refractivity (Wildman–Crippen MR) is 74.5 cm³/mol. The Morgan fingerprint density at radius 1 is 1.39 bits per heavy atom. The quantitative estimate of drug-likeness (QED) is 0.821. The van der Waals surface area contributed by atoms with Gasteiger partial charge in [-0.15, -0.1) is 0 Å². The highest BCUT2D eigenvalue weighted by atomic mass is 79.9. The highest BCUT2D eigenvalue weighted by molar-refractivity contribution is 9.09. The lowest BCUT2D eigenvalue weighted by molar-refractivity contribution is -0.121. The third-order valence-electron chi connectivity index (χ3n) is 2.61. The maximum absolute atomic E-state index is 11.5. The molecule has 0 aliphatic rings. The van der Waals surface area contributed by atoms with Crippen molar-refractivity contribution < 1.29 is 14.3 Å². The third kappa shape index (κ3) is 3.91. The van der Waals surface area contributed by atoms with E-state index in [1.807, 2.05) is 25.1 Å². The topological polar surface area (TPSA) is 47.6 Å². The van der Waals surface area contributed by atoms with Crippen LogP contribution >= 0.6 is 15.9 Å². The molecule has 4 nitrogen and oxygen atoms in total. The Morgan fingerprint density at radius 2 is 2.11 bits per heavy atom. The van der Waals surface area contributed by atoms with Crippen LogP contribution in [0.3, 0.4) is 0 Å². The van der Waals surface area contributed by atoms with Gasteiger partial charge in [-0.25, -0.2) is 0 Å². The number of hydrogen-bond donors (Lipinski definition) is 1. The van der Waals surface area contributed by atoms with Crippen LogP contribution in [0.2, 0.25) is 0 Å². The molecule has 1 unspecified atom stereocenters. The number of amides is 1. The SMILES string of the molecule is COc1ccc(C(C)NC(=O)CCBr)c(OC)c1. The molecule has 1 atom stereocenters. The standard InChI is InChI=1S/C13H18BrNO3/c1-9(15-13(16)6-7-14)11-5-4-10(17-2)8-12(11)18-3/h4-5,8-9H,6-7H2,1-3H3,(H,15,16). The highest BCUT2D eigenvalue weighted by Gasteiger charge is 2.14. The van der Waals surface area contributed by atoms with Crippen LogP contribution in [0.1, 0.15) is 24.9 Å². The first-order chi connectivity index (χ1) is 8.62. The molecule has 1 aromatic carbocycles. The van der Waals surface area contributed by atoms with Crippen LogP contribution in [0.15, 0.2) is 18.2 Å². The van der Waals surface area contributed by atoms with Crippen molar-refractivity contribution in [2.24, 2.45) is 0 Å². The number of hydrogen-bond acceptors (Lipinski definition) is 3. The Balaban J connectivity index is 2.84. The van der Waals surface area contributed by atoms with Crippen molar-refractivity contribution in [1.82, 2.24) is 5.32 Å². The zero-order valence-electron chi connectivity index (χ0n) is 10.8. The van der Waals surface area contributed by atoms with Crippen molar-refractivity contribution in [2.45, 2.75) is 19.4 Å². The molecule has 0 aliphatic carbocycles. The fraction of sp³-hybridized carbons (Fsp3) is 0.462.